The Morgan fingerprint density at radius 1 is 1.26 bits per heavy atom. The van der Waals surface area contributed by atoms with Gasteiger partial charge in [0.15, 0.2) is 5.69 Å². The van der Waals surface area contributed by atoms with Crippen molar-refractivity contribution in [1.29, 1.82) is 0 Å². The van der Waals surface area contributed by atoms with Crippen LogP contribution >= 0.6 is 0 Å². The van der Waals surface area contributed by atoms with Crippen molar-refractivity contribution in [2.24, 2.45) is 5.73 Å². The maximum absolute atomic E-state index is 15.0. The highest BCUT2D eigenvalue weighted by molar-refractivity contribution is 6.00. The van der Waals surface area contributed by atoms with Crippen molar-refractivity contribution in [1.82, 2.24) is 24.2 Å². The first-order chi connectivity index (χ1) is 18.9. The van der Waals surface area contributed by atoms with Gasteiger partial charge in [-0.3, -0.25) is 9.59 Å². The van der Waals surface area contributed by atoms with Gasteiger partial charge in [-0.15, -0.1) is 0 Å². The molecule has 2 aliphatic rings. The number of nitrogens with zero attached hydrogens (tertiary/aromatic N) is 5. The molecule has 1 aliphatic carbocycles. The number of hydrogen-bond donors (Lipinski definition) is 2. The molecule has 0 bridgehead atoms. The highest BCUT2D eigenvalue weighted by Gasteiger charge is 2.38. The van der Waals surface area contributed by atoms with Gasteiger partial charge in [0.05, 0.1) is 29.0 Å². The predicted molar refractivity (Wildman–Crippen MR) is 143 cm³/mol. The number of methoxy groups -OCH3 is 1. The van der Waals surface area contributed by atoms with Crippen molar-refractivity contribution in [3.63, 3.8) is 0 Å². The molecule has 3 N–H and O–H groups in total. The molecule has 1 aromatic carbocycles. The Morgan fingerprint density at radius 3 is 2.72 bits per heavy atom. The predicted octanol–water partition coefficient (Wildman–Crippen LogP) is 2.45. The van der Waals surface area contributed by atoms with Crippen LogP contribution in [0.4, 0.5) is 10.2 Å². The third-order valence-corrected chi connectivity index (χ3v) is 7.20. The van der Waals surface area contributed by atoms with Crippen molar-refractivity contribution < 1.29 is 18.7 Å². The van der Waals surface area contributed by atoms with E-state index in [0.29, 0.717) is 43.4 Å². The lowest BCUT2D eigenvalue weighted by atomic mass is 10.1. The zero-order valence-corrected chi connectivity index (χ0v) is 22.1. The maximum atomic E-state index is 15.0. The summed E-state index contributed by atoms with van der Waals surface area (Å²) in [6, 6.07) is 3.05. The van der Waals surface area contributed by atoms with Gasteiger partial charge in [0.1, 0.15) is 17.2 Å². The molecular weight excluding hydrogens is 501 g/mol. The molecule has 5 rings (SSSR count). The van der Waals surface area contributed by atoms with E-state index >= 15 is 4.39 Å². The van der Waals surface area contributed by atoms with E-state index < -0.39 is 11.7 Å². The van der Waals surface area contributed by atoms with Gasteiger partial charge in [0.25, 0.3) is 11.8 Å². The summed E-state index contributed by atoms with van der Waals surface area (Å²) >= 11 is 0. The molecule has 3 heterocycles. The van der Waals surface area contributed by atoms with Crippen molar-refractivity contribution >= 4 is 28.7 Å². The second-order valence-corrected chi connectivity index (χ2v) is 9.74. The fourth-order valence-corrected chi connectivity index (χ4v) is 5.20. The molecular formula is C28H30FN7O3. The lowest BCUT2D eigenvalue weighted by Crippen LogP contribution is -2.35. The molecule has 2 amide bonds. The Bertz CT molecular complexity index is 1560. The number of carbonyl (C=O) groups excluding carboxylic acids is 2. The van der Waals surface area contributed by atoms with Crippen molar-refractivity contribution in [3.8, 4) is 23.7 Å². The lowest BCUT2D eigenvalue weighted by Gasteiger charge is -2.21. The van der Waals surface area contributed by atoms with Crippen molar-refractivity contribution in [2.45, 2.75) is 50.7 Å². The largest absolute Gasteiger partial charge is 0.385 e. The molecule has 2 atom stereocenters. The van der Waals surface area contributed by atoms with Gasteiger partial charge < -0.3 is 25.3 Å². The number of halogens is 1. The van der Waals surface area contributed by atoms with Gasteiger partial charge in [-0.25, -0.2) is 14.1 Å². The molecule has 1 saturated carbocycles. The first kappa shape index (κ1) is 26.3. The molecule has 0 spiro atoms. The average molecular weight is 532 g/mol. The molecule has 1 unspecified atom stereocenters. The molecule has 2 aromatic heterocycles. The van der Waals surface area contributed by atoms with Crippen LogP contribution < -0.4 is 11.1 Å². The van der Waals surface area contributed by atoms with E-state index in [0.717, 1.165) is 18.4 Å². The third kappa shape index (κ3) is 5.06. The SMILES string of the molecule is CC#CC(=O)N1CC(n2nc(C#Cc3cc4ncn(C5CC5)c4cc3F)c(C(N)=O)c2NC)C[C@@H]1CCOC. The smallest absolute Gasteiger partial charge is 0.298 e. The zero-order chi connectivity index (χ0) is 27.7. The van der Waals surface area contributed by atoms with Gasteiger partial charge in [-0.1, -0.05) is 11.8 Å². The van der Waals surface area contributed by atoms with Crippen LogP contribution in [-0.4, -0.2) is 69.4 Å². The zero-order valence-electron chi connectivity index (χ0n) is 22.1. The maximum Gasteiger partial charge on any atom is 0.298 e. The number of aromatic nitrogens is 4. The van der Waals surface area contributed by atoms with Crippen LogP contribution in [0.3, 0.4) is 0 Å². The van der Waals surface area contributed by atoms with Crippen LogP contribution in [0.5, 0.6) is 0 Å². The summed E-state index contributed by atoms with van der Waals surface area (Å²) in [6.07, 6.45) is 5.07. The summed E-state index contributed by atoms with van der Waals surface area (Å²) in [4.78, 5) is 31.3. The number of imidazole rings is 1. The second kappa shape index (κ2) is 10.8. The molecule has 3 aromatic rings. The lowest BCUT2D eigenvalue weighted by molar-refractivity contribution is -0.126. The Labute approximate surface area is 225 Å². The standard InChI is InChI=1S/C28H30FN7O3/c1-4-5-25(37)34-15-20(13-19(34)10-11-39-3)36-28(31-2)26(27(30)38)22(33-36)9-6-17-12-23-24(14-21(17)29)35(16-32-23)18-7-8-18/h12,14,16,18-20,31H,7-8,10-11,13,15H2,1-3H3,(H2,30,38)/t19-,20?/m0/s1. The third-order valence-electron chi connectivity index (χ3n) is 7.20. The number of ether oxygens (including phenoxy) is 1. The van der Waals surface area contributed by atoms with E-state index in [-0.39, 0.29) is 34.8 Å². The number of nitrogens with one attached hydrogen (secondary N) is 1. The molecule has 202 valence electrons. The number of nitrogens with two attached hydrogens (primary N) is 1. The Kier molecular flexibility index (Phi) is 7.27. The molecule has 1 saturated heterocycles. The number of hydrogen-bond acceptors (Lipinski definition) is 6. The molecule has 1 aliphatic heterocycles. The first-order valence-corrected chi connectivity index (χ1v) is 12.9. The summed E-state index contributed by atoms with van der Waals surface area (Å²) in [5, 5.41) is 7.63. The molecule has 2 fully saturated rings. The van der Waals surface area contributed by atoms with Crippen LogP contribution in [0.1, 0.15) is 66.3 Å². The van der Waals surface area contributed by atoms with Gasteiger partial charge in [0, 0.05) is 45.5 Å². The normalized spacial score (nSPS) is 18.4. The Balaban J connectivity index is 1.50. The number of rotatable bonds is 7. The van der Waals surface area contributed by atoms with Gasteiger partial charge in [0.2, 0.25) is 0 Å². The van der Waals surface area contributed by atoms with Crippen LogP contribution in [-0.2, 0) is 9.53 Å². The van der Waals surface area contributed by atoms with Gasteiger partial charge in [-0.05, 0) is 50.5 Å². The van der Waals surface area contributed by atoms with Crippen molar-refractivity contribution in [3.05, 3.63) is 41.1 Å². The van der Waals surface area contributed by atoms with E-state index in [1.807, 2.05) is 4.57 Å². The van der Waals surface area contributed by atoms with Gasteiger partial charge in [-0.2, -0.15) is 5.10 Å². The van der Waals surface area contributed by atoms with E-state index in [1.165, 1.54) is 6.07 Å². The summed E-state index contributed by atoms with van der Waals surface area (Å²) in [5.41, 5.74) is 7.50. The summed E-state index contributed by atoms with van der Waals surface area (Å²) in [6.45, 7) is 2.45. The summed E-state index contributed by atoms with van der Waals surface area (Å²) in [7, 11) is 3.27. The minimum Gasteiger partial charge on any atom is -0.385 e. The highest BCUT2D eigenvalue weighted by Crippen LogP contribution is 2.37. The molecule has 0 radical (unpaired) electrons. The molecule has 39 heavy (non-hydrogen) atoms. The fraction of sp³-hybridized carbons (Fsp3) is 0.429. The number of carbonyl (C=O) groups is 2. The summed E-state index contributed by atoms with van der Waals surface area (Å²) < 4.78 is 23.9. The number of amides is 2. The Hall–Kier alpha value is -4.35. The first-order valence-electron chi connectivity index (χ1n) is 12.9. The highest BCUT2D eigenvalue weighted by atomic mass is 19.1. The van der Waals surface area contributed by atoms with Crippen LogP contribution in [0.15, 0.2) is 18.5 Å². The molecule has 10 nitrogen and oxygen atoms in total. The fourth-order valence-electron chi connectivity index (χ4n) is 5.20. The van der Waals surface area contributed by atoms with E-state index in [2.05, 4.69) is 39.1 Å². The van der Waals surface area contributed by atoms with E-state index in [1.54, 1.807) is 43.1 Å². The summed E-state index contributed by atoms with van der Waals surface area (Å²) in [5.74, 6) is 9.87. The number of benzene rings is 1. The quantitative estimate of drug-likeness (QED) is 0.452. The van der Waals surface area contributed by atoms with Crippen molar-refractivity contribution in [2.75, 3.05) is 32.6 Å². The van der Waals surface area contributed by atoms with E-state index in [4.69, 9.17) is 10.5 Å². The topological polar surface area (TPSA) is 120 Å². The van der Waals surface area contributed by atoms with Crippen LogP contribution in [0.2, 0.25) is 0 Å². The van der Waals surface area contributed by atoms with Gasteiger partial charge >= 0.3 is 0 Å². The van der Waals surface area contributed by atoms with Crippen LogP contribution in [0, 0.1) is 29.5 Å². The van der Waals surface area contributed by atoms with E-state index in [9.17, 15) is 9.59 Å². The number of likely N-dealkylation sites (tertiary alicyclic amines) is 1. The second-order valence-electron chi connectivity index (χ2n) is 9.74. The minimum absolute atomic E-state index is 0.107. The average Bonchev–Trinajstić information content (AvgIpc) is 3.37. The number of anilines is 1. The number of primary amides is 1. The molecule has 11 heteroatoms. The number of fused-ring (bicyclic) bond motifs is 1. The monoisotopic (exact) mass is 531 g/mol. The minimum atomic E-state index is -0.715. The Morgan fingerprint density at radius 2 is 2.05 bits per heavy atom. The van der Waals surface area contributed by atoms with Crippen LogP contribution in [0.25, 0.3) is 11.0 Å².